The average molecular weight is 343 g/mol. The van der Waals surface area contributed by atoms with Gasteiger partial charge in [0.05, 0.1) is 5.41 Å². The number of primary amides is 1. The van der Waals surface area contributed by atoms with Crippen LogP contribution in [0, 0.1) is 11.3 Å². The standard InChI is InChI=1S/C20H29N3O2/c1-12(19(2,3)4)23(5)17(24)13-6-9-15-16(10-13)22-11-20(15,18(21)25)14-7-8-14/h6,9-10,12,14,22H,7-8,11H2,1-5H3,(H2,21,25). The van der Waals surface area contributed by atoms with Crippen LogP contribution in [0.1, 0.15) is 56.5 Å². The van der Waals surface area contributed by atoms with E-state index in [9.17, 15) is 9.59 Å². The molecule has 0 saturated heterocycles. The fourth-order valence-corrected chi connectivity index (χ4v) is 3.86. The average Bonchev–Trinajstić information content (AvgIpc) is 3.32. The number of nitrogens with one attached hydrogen (secondary N) is 1. The number of fused-ring (bicyclic) bond motifs is 1. The number of amides is 2. The quantitative estimate of drug-likeness (QED) is 0.883. The maximum atomic E-state index is 12.9. The first-order valence-electron chi connectivity index (χ1n) is 9.04. The first-order chi connectivity index (χ1) is 11.6. The van der Waals surface area contributed by atoms with E-state index in [-0.39, 0.29) is 23.3 Å². The summed E-state index contributed by atoms with van der Waals surface area (Å²) in [5, 5.41) is 3.32. The lowest BCUT2D eigenvalue weighted by atomic mass is 9.76. The maximum absolute atomic E-state index is 12.9. The molecular formula is C20H29N3O2. The Labute approximate surface area is 150 Å². The van der Waals surface area contributed by atoms with E-state index in [0.717, 1.165) is 24.1 Å². The molecule has 136 valence electrons. The van der Waals surface area contributed by atoms with Gasteiger partial charge in [-0.25, -0.2) is 0 Å². The van der Waals surface area contributed by atoms with Crippen LogP contribution in [0.4, 0.5) is 5.69 Å². The molecule has 1 heterocycles. The van der Waals surface area contributed by atoms with Crippen molar-refractivity contribution in [3.63, 3.8) is 0 Å². The van der Waals surface area contributed by atoms with Gasteiger partial charge in [-0.3, -0.25) is 9.59 Å². The van der Waals surface area contributed by atoms with Gasteiger partial charge in [0, 0.05) is 30.9 Å². The summed E-state index contributed by atoms with van der Waals surface area (Å²) in [4.78, 5) is 26.9. The third kappa shape index (κ3) is 2.79. The lowest BCUT2D eigenvalue weighted by molar-refractivity contribution is -0.123. The Morgan fingerprint density at radius 1 is 1.32 bits per heavy atom. The fourth-order valence-electron chi connectivity index (χ4n) is 3.86. The van der Waals surface area contributed by atoms with Gasteiger partial charge < -0.3 is 16.0 Å². The molecule has 2 amide bonds. The molecule has 3 N–H and O–H groups in total. The van der Waals surface area contributed by atoms with Crippen LogP contribution in [0.3, 0.4) is 0 Å². The third-order valence-electron chi connectivity index (χ3n) is 6.17. The molecule has 5 nitrogen and oxygen atoms in total. The van der Waals surface area contributed by atoms with Gasteiger partial charge in [-0.1, -0.05) is 26.8 Å². The number of benzene rings is 1. The number of hydrogen-bond donors (Lipinski definition) is 2. The topological polar surface area (TPSA) is 75.4 Å². The largest absolute Gasteiger partial charge is 0.383 e. The summed E-state index contributed by atoms with van der Waals surface area (Å²) >= 11 is 0. The number of nitrogens with zero attached hydrogens (tertiary/aromatic N) is 1. The van der Waals surface area contributed by atoms with Gasteiger partial charge in [0.2, 0.25) is 5.91 Å². The van der Waals surface area contributed by atoms with Crippen LogP contribution in [0.5, 0.6) is 0 Å². The fraction of sp³-hybridized carbons (Fsp3) is 0.600. The number of anilines is 1. The van der Waals surface area contributed by atoms with Crippen molar-refractivity contribution in [3.05, 3.63) is 29.3 Å². The molecule has 0 aromatic heterocycles. The van der Waals surface area contributed by atoms with E-state index in [4.69, 9.17) is 5.73 Å². The van der Waals surface area contributed by atoms with Crippen molar-refractivity contribution >= 4 is 17.5 Å². The molecule has 0 bridgehead atoms. The molecule has 2 unspecified atom stereocenters. The number of carbonyl (C=O) groups is 2. The first-order valence-corrected chi connectivity index (χ1v) is 9.04. The van der Waals surface area contributed by atoms with Crippen molar-refractivity contribution in [2.24, 2.45) is 17.1 Å². The molecule has 5 heteroatoms. The van der Waals surface area contributed by atoms with Crippen LogP contribution in [-0.4, -0.2) is 36.3 Å². The highest BCUT2D eigenvalue weighted by Crippen LogP contribution is 2.52. The minimum absolute atomic E-state index is 0.00461. The predicted octanol–water partition coefficient (Wildman–Crippen LogP) is 2.75. The highest BCUT2D eigenvalue weighted by Gasteiger charge is 2.54. The lowest BCUT2D eigenvalue weighted by Crippen LogP contribution is -2.45. The van der Waals surface area contributed by atoms with Gasteiger partial charge in [0.25, 0.3) is 5.91 Å². The summed E-state index contributed by atoms with van der Waals surface area (Å²) in [5.74, 6) is 0.0534. The van der Waals surface area contributed by atoms with Crippen molar-refractivity contribution < 1.29 is 9.59 Å². The molecular weight excluding hydrogens is 314 g/mol. The molecule has 1 saturated carbocycles. The Morgan fingerprint density at radius 2 is 1.96 bits per heavy atom. The summed E-state index contributed by atoms with van der Waals surface area (Å²) in [6.07, 6.45) is 2.08. The Morgan fingerprint density at radius 3 is 2.48 bits per heavy atom. The van der Waals surface area contributed by atoms with Crippen LogP contribution in [0.2, 0.25) is 0 Å². The van der Waals surface area contributed by atoms with E-state index < -0.39 is 5.41 Å². The molecule has 2 aliphatic rings. The van der Waals surface area contributed by atoms with Crippen molar-refractivity contribution in [1.82, 2.24) is 4.90 Å². The van der Waals surface area contributed by atoms with Gasteiger partial charge >= 0.3 is 0 Å². The van der Waals surface area contributed by atoms with E-state index in [2.05, 4.69) is 33.0 Å². The number of hydrogen-bond acceptors (Lipinski definition) is 3. The number of carbonyl (C=O) groups excluding carboxylic acids is 2. The van der Waals surface area contributed by atoms with Crippen LogP contribution >= 0.6 is 0 Å². The highest BCUT2D eigenvalue weighted by atomic mass is 16.2. The smallest absolute Gasteiger partial charge is 0.253 e. The van der Waals surface area contributed by atoms with E-state index >= 15 is 0 Å². The van der Waals surface area contributed by atoms with Gasteiger partial charge in [0.15, 0.2) is 0 Å². The molecule has 1 aromatic rings. The molecule has 1 aromatic carbocycles. The second-order valence-corrected chi connectivity index (χ2v) is 8.68. The summed E-state index contributed by atoms with van der Waals surface area (Å²) < 4.78 is 0. The minimum atomic E-state index is -0.610. The van der Waals surface area contributed by atoms with Crippen molar-refractivity contribution in [2.75, 3.05) is 18.9 Å². The van der Waals surface area contributed by atoms with E-state index in [0.29, 0.717) is 18.0 Å². The third-order valence-corrected chi connectivity index (χ3v) is 6.17. The zero-order chi connectivity index (χ0) is 18.6. The van der Waals surface area contributed by atoms with Crippen LogP contribution < -0.4 is 11.1 Å². The zero-order valence-electron chi connectivity index (χ0n) is 15.8. The molecule has 1 aliphatic carbocycles. The van der Waals surface area contributed by atoms with Crippen LogP contribution in [0.15, 0.2) is 18.2 Å². The summed E-state index contributed by atoms with van der Waals surface area (Å²) in [7, 11) is 1.84. The zero-order valence-corrected chi connectivity index (χ0v) is 15.8. The van der Waals surface area contributed by atoms with E-state index in [1.54, 1.807) is 4.90 Å². The highest BCUT2D eigenvalue weighted by molar-refractivity contribution is 5.98. The second kappa shape index (κ2) is 5.75. The van der Waals surface area contributed by atoms with Crippen molar-refractivity contribution in [3.8, 4) is 0 Å². The predicted molar refractivity (Wildman–Crippen MR) is 99.5 cm³/mol. The van der Waals surface area contributed by atoms with E-state index in [1.165, 1.54) is 0 Å². The SMILES string of the molecule is CC(N(C)C(=O)c1ccc2c(c1)NCC2(C(N)=O)C1CC1)C(C)(C)C. The van der Waals surface area contributed by atoms with Crippen molar-refractivity contribution in [2.45, 2.75) is 52.0 Å². The molecule has 0 spiro atoms. The Balaban J connectivity index is 1.90. The monoisotopic (exact) mass is 343 g/mol. The second-order valence-electron chi connectivity index (χ2n) is 8.68. The molecule has 2 atom stereocenters. The van der Waals surface area contributed by atoms with Gasteiger partial charge in [-0.15, -0.1) is 0 Å². The Bertz CT molecular complexity index is 718. The minimum Gasteiger partial charge on any atom is -0.383 e. The Hall–Kier alpha value is -2.04. The van der Waals surface area contributed by atoms with Gasteiger partial charge in [0.1, 0.15) is 0 Å². The lowest BCUT2D eigenvalue weighted by Gasteiger charge is -2.35. The van der Waals surface area contributed by atoms with Crippen LogP contribution in [-0.2, 0) is 10.2 Å². The molecule has 1 aliphatic heterocycles. The number of rotatable bonds is 4. The molecule has 0 radical (unpaired) electrons. The maximum Gasteiger partial charge on any atom is 0.253 e. The van der Waals surface area contributed by atoms with Crippen molar-refractivity contribution in [1.29, 1.82) is 0 Å². The van der Waals surface area contributed by atoms with Gasteiger partial charge in [-0.2, -0.15) is 0 Å². The molecule has 1 fully saturated rings. The van der Waals surface area contributed by atoms with Gasteiger partial charge in [-0.05, 0) is 48.8 Å². The first kappa shape index (κ1) is 17.8. The summed E-state index contributed by atoms with van der Waals surface area (Å²) in [6, 6.07) is 5.73. The van der Waals surface area contributed by atoms with E-state index in [1.807, 2.05) is 25.2 Å². The molecule has 3 rings (SSSR count). The summed E-state index contributed by atoms with van der Waals surface area (Å²) in [6.45, 7) is 8.98. The molecule has 25 heavy (non-hydrogen) atoms. The Kier molecular flexibility index (Phi) is 4.09. The summed E-state index contributed by atoms with van der Waals surface area (Å²) in [5.41, 5.74) is 7.62. The normalized spacial score (nSPS) is 23.6. The van der Waals surface area contributed by atoms with Crippen LogP contribution in [0.25, 0.3) is 0 Å². The number of nitrogens with two attached hydrogens (primary N) is 1.